The van der Waals surface area contributed by atoms with Gasteiger partial charge in [0.1, 0.15) is 12.4 Å². The Balaban J connectivity index is 2.63. The number of amides is 1. The number of hydrogen-bond acceptors (Lipinski definition) is 6. The second-order valence-electron chi connectivity index (χ2n) is 3.06. The van der Waals surface area contributed by atoms with Gasteiger partial charge < -0.3 is 25.5 Å². The standard InChI is InChI=1S/C9H14N4O4/c1-2-16-8(14)6-7(10)13(5-12-6)3-4-17-9(11)15/h5H,2-4,10H2,1H3,(H2,11,15). The van der Waals surface area contributed by atoms with E-state index in [0.717, 1.165) is 0 Å². The van der Waals surface area contributed by atoms with Gasteiger partial charge in [0.25, 0.3) is 0 Å². The van der Waals surface area contributed by atoms with Crippen LogP contribution in [-0.4, -0.2) is 34.8 Å². The molecule has 0 saturated heterocycles. The van der Waals surface area contributed by atoms with Crippen LogP contribution in [0.5, 0.6) is 0 Å². The number of anilines is 1. The Kier molecular flexibility index (Phi) is 4.32. The third-order valence-electron chi connectivity index (χ3n) is 1.92. The minimum atomic E-state index is -0.866. The lowest BCUT2D eigenvalue weighted by molar-refractivity contribution is 0.0521. The van der Waals surface area contributed by atoms with Crippen LogP contribution in [0.1, 0.15) is 17.4 Å². The SMILES string of the molecule is CCOC(=O)c1ncn(CCOC(N)=O)c1N. The van der Waals surface area contributed by atoms with Gasteiger partial charge in [-0.2, -0.15) is 0 Å². The first-order chi connectivity index (χ1) is 8.06. The zero-order chi connectivity index (χ0) is 12.8. The van der Waals surface area contributed by atoms with Crippen LogP contribution in [0.3, 0.4) is 0 Å². The average Bonchev–Trinajstić information content (AvgIpc) is 2.60. The fourth-order valence-corrected chi connectivity index (χ4v) is 1.17. The Hall–Kier alpha value is -2.25. The molecule has 1 aromatic heterocycles. The number of ether oxygens (including phenoxy) is 2. The van der Waals surface area contributed by atoms with Gasteiger partial charge in [0.15, 0.2) is 5.69 Å². The van der Waals surface area contributed by atoms with Gasteiger partial charge >= 0.3 is 12.1 Å². The van der Waals surface area contributed by atoms with Crippen molar-refractivity contribution < 1.29 is 19.1 Å². The maximum atomic E-state index is 11.4. The third-order valence-corrected chi connectivity index (χ3v) is 1.92. The van der Waals surface area contributed by atoms with Crippen molar-refractivity contribution in [2.75, 3.05) is 18.9 Å². The number of rotatable bonds is 5. The van der Waals surface area contributed by atoms with Crippen molar-refractivity contribution in [3.05, 3.63) is 12.0 Å². The fourth-order valence-electron chi connectivity index (χ4n) is 1.17. The molecule has 94 valence electrons. The van der Waals surface area contributed by atoms with E-state index in [-0.39, 0.29) is 31.3 Å². The summed E-state index contributed by atoms with van der Waals surface area (Å²) in [5.41, 5.74) is 10.5. The number of aromatic nitrogens is 2. The molecule has 0 unspecified atom stereocenters. The maximum Gasteiger partial charge on any atom is 0.404 e. The molecule has 1 rings (SSSR count). The molecule has 0 aliphatic rings. The van der Waals surface area contributed by atoms with E-state index in [2.05, 4.69) is 9.72 Å². The smallest absolute Gasteiger partial charge is 0.404 e. The zero-order valence-electron chi connectivity index (χ0n) is 9.38. The monoisotopic (exact) mass is 242 g/mol. The Labute approximate surface area is 97.5 Å². The van der Waals surface area contributed by atoms with Crippen molar-refractivity contribution in [3.63, 3.8) is 0 Å². The van der Waals surface area contributed by atoms with Gasteiger partial charge in [-0.3, -0.25) is 0 Å². The van der Waals surface area contributed by atoms with E-state index in [1.807, 2.05) is 0 Å². The number of hydrogen-bond donors (Lipinski definition) is 2. The highest BCUT2D eigenvalue weighted by Gasteiger charge is 2.16. The molecule has 8 heteroatoms. The van der Waals surface area contributed by atoms with Gasteiger partial charge in [-0.15, -0.1) is 0 Å². The summed E-state index contributed by atoms with van der Waals surface area (Å²) in [5.74, 6) is -0.420. The lowest BCUT2D eigenvalue weighted by Crippen LogP contribution is -2.17. The van der Waals surface area contributed by atoms with Gasteiger partial charge in [-0.05, 0) is 6.92 Å². The van der Waals surface area contributed by atoms with Crippen LogP contribution in [0.2, 0.25) is 0 Å². The summed E-state index contributed by atoms with van der Waals surface area (Å²) < 4.78 is 10.8. The lowest BCUT2D eigenvalue weighted by Gasteiger charge is -2.05. The summed E-state index contributed by atoms with van der Waals surface area (Å²) in [6.07, 6.45) is 0.501. The van der Waals surface area contributed by atoms with Crippen molar-refractivity contribution in [1.29, 1.82) is 0 Å². The molecule has 0 aliphatic heterocycles. The van der Waals surface area contributed by atoms with Crippen molar-refractivity contribution in [1.82, 2.24) is 9.55 Å². The number of esters is 1. The number of primary amides is 1. The number of nitrogens with two attached hydrogens (primary N) is 2. The van der Waals surface area contributed by atoms with Crippen LogP contribution in [0, 0.1) is 0 Å². The van der Waals surface area contributed by atoms with E-state index in [1.165, 1.54) is 10.9 Å². The first-order valence-corrected chi connectivity index (χ1v) is 4.96. The molecular weight excluding hydrogens is 228 g/mol. The molecule has 17 heavy (non-hydrogen) atoms. The number of carbonyl (C=O) groups is 2. The summed E-state index contributed by atoms with van der Waals surface area (Å²) in [6, 6.07) is 0. The van der Waals surface area contributed by atoms with Crippen molar-refractivity contribution in [2.45, 2.75) is 13.5 Å². The summed E-state index contributed by atoms with van der Waals surface area (Å²) in [5, 5.41) is 0. The van der Waals surface area contributed by atoms with E-state index in [0.29, 0.717) is 0 Å². The number of nitrogens with zero attached hydrogens (tertiary/aromatic N) is 2. The molecule has 0 radical (unpaired) electrons. The molecular formula is C9H14N4O4. The topological polar surface area (TPSA) is 122 Å². The molecule has 0 saturated carbocycles. The summed E-state index contributed by atoms with van der Waals surface area (Å²) >= 11 is 0. The van der Waals surface area contributed by atoms with Crippen LogP contribution in [0.15, 0.2) is 6.33 Å². The lowest BCUT2D eigenvalue weighted by atomic mass is 10.4. The van der Waals surface area contributed by atoms with Crippen LogP contribution in [0.25, 0.3) is 0 Å². The Morgan fingerprint density at radius 3 is 2.76 bits per heavy atom. The summed E-state index contributed by atoms with van der Waals surface area (Å²) in [7, 11) is 0. The fraction of sp³-hybridized carbons (Fsp3) is 0.444. The quantitative estimate of drug-likeness (QED) is 0.685. The molecule has 1 aromatic rings. The average molecular weight is 242 g/mol. The van der Waals surface area contributed by atoms with Crippen molar-refractivity contribution >= 4 is 17.9 Å². The first kappa shape index (κ1) is 12.8. The largest absolute Gasteiger partial charge is 0.461 e. The maximum absolute atomic E-state index is 11.4. The predicted octanol–water partition coefficient (Wildman–Crippen LogP) is -0.263. The number of carbonyl (C=O) groups excluding carboxylic acids is 2. The number of nitrogen functional groups attached to an aromatic ring is 1. The normalized spacial score (nSPS) is 9.94. The molecule has 4 N–H and O–H groups in total. The van der Waals surface area contributed by atoms with Crippen LogP contribution < -0.4 is 11.5 Å². The molecule has 1 amide bonds. The second kappa shape index (κ2) is 5.73. The van der Waals surface area contributed by atoms with Crippen LogP contribution in [-0.2, 0) is 16.0 Å². The van der Waals surface area contributed by atoms with Gasteiger partial charge in [0.2, 0.25) is 0 Å². The highest BCUT2D eigenvalue weighted by molar-refractivity contribution is 5.92. The third kappa shape index (κ3) is 3.37. The predicted molar refractivity (Wildman–Crippen MR) is 58.1 cm³/mol. The van der Waals surface area contributed by atoms with Crippen molar-refractivity contribution in [3.8, 4) is 0 Å². The first-order valence-electron chi connectivity index (χ1n) is 4.96. The van der Waals surface area contributed by atoms with E-state index >= 15 is 0 Å². The van der Waals surface area contributed by atoms with Crippen LogP contribution >= 0.6 is 0 Å². The minimum Gasteiger partial charge on any atom is -0.461 e. The van der Waals surface area contributed by atoms with Gasteiger partial charge in [0.05, 0.1) is 19.5 Å². The minimum absolute atomic E-state index is 0.0472. The molecule has 0 aromatic carbocycles. The zero-order valence-corrected chi connectivity index (χ0v) is 9.38. The van der Waals surface area contributed by atoms with E-state index in [9.17, 15) is 9.59 Å². The Morgan fingerprint density at radius 1 is 1.47 bits per heavy atom. The second-order valence-corrected chi connectivity index (χ2v) is 3.06. The van der Waals surface area contributed by atoms with E-state index < -0.39 is 12.1 Å². The van der Waals surface area contributed by atoms with E-state index in [1.54, 1.807) is 6.92 Å². The molecule has 0 bridgehead atoms. The van der Waals surface area contributed by atoms with Crippen LogP contribution in [0.4, 0.5) is 10.6 Å². The van der Waals surface area contributed by atoms with E-state index in [4.69, 9.17) is 16.2 Å². The molecule has 8 nitrogen and oxygen atoms in total. The number of imidazole rings is 1. The molecule has 0 fully saturated rings. The molecule has 0 spiro atoms. The molecule has 1 heterocycles. The highest BCUT2D eigenvalue weighted by Crippen LogP contribution is 2.11. The Morgan fingerprint density at radius 2 is 2.18 bits per heavy atom. The van der Waals surface area contributed by atoms with Crippen molar-refractivity contribution in [2.24, 2.45) is 5.73 Å². The van der Waals surface area contributed by atoms with Gasteiger partial charge in [0, 0.05) is 0 Å². The van der Waals surface area contributed by atoms with Gasteiger partial charge in [-0.1, -0.05) is 0 Å². The van der Waals surface area contributed by atoms with Gasteiger partial charge in [-0.25, -0.2) is 14.6 Å². The highest BCUT2D eigenvalue weighted by atomic mass is 16.5. The molecule has 0 aliphatic carbocycles. The summed E-state index contributed by atoms with van der Waals surface area (Å²) in [6.45, 7) is 2.25. The molecule has 0 atom stereocenters. The summed E-state index contributed by atoms with van der Waals surface area (Å²) in [4.78, 5) is 25.5. The Bertz CT molecular complexity index is 415.